The highest BCUT2D eigenvalue weighted by atomic mass is 79.9. The van der Waals surface area contributed by atoms with E-state index >= 15 is 0 Å². The van der Waals surface area contributed by atoms with E-state index in [1.54, 1.807) is 31.4 Å². The summed E-state index contributed by atoms with van der Waals surface area (Å²) < 4.78 is 6.76. The van der Waals surface area contributed by atoms with Gasteiger partial charge in [0.25, 0.3) is 0 Å². The first-order valence-electron chi connectivity index (χ1n) is 5.88. The Labute approximate surface area is 134 Å². The van der Waals surface area contributed by atoms with Gasteiger partial charge in [-0.1, -0.05) is 31.9 Å². The van der Waals surface area contributed by atoms with Crippen LogP contribution in [-0.4, -0.2) is 12.9 Å². The molecule has 0 aliphatic heterocycles. The number of nitrogens with two attached hydrogens (primary N) is 1. The highest BCUT2D eigenvalue weighted by molar-refractivity contribution is 9.11. The number of rotatable bonds is 3. The molecule has 2 aromatic rings. The van der Waals surface area contributed by atoms with Gasteiger partial charge < -0.3 is 10.5 Å². The van der Waals surface area contributed by atoms with Gasteiger partial charge in [0.2, 0.25) is 0 Å². The summed E-state index contributed by atoms with van der Waals surface area (Å²) in [6.45, 7) is 1.96. The Balaban J connectivity index is 2.54. The van der Waals surface area contributed by atoms with Crippen LogP contribution in [0, 0.1) is 6.92 Å². The highest BCUT2D eigenvalue weighted by Crippen LogP contribution is 2.29. The minimum atomic E-state index is -0.144. The summed E-state index contributed by atoms with van der Waals surface area (Å²) in [5.74, 6) is 0.457. The van der Waals surface area contributed by atoms with Gasteiger partial charge in [-0.2, -0.15) is 0 Å². The lowest BCUT2D eigenvalue weighted by Gasteiger charge is -2.10. The quantitative estimate of drug-likeness (QED) is 0.617. The fraction of sp³-hybridized carbons (Fsp3) is 0.133. The minimum absolute atomic E-state index is 0.144. The van der Waals surface area contributed by atoms with Crippen LogP contribution in [0.15, 0.2) is 39.3 Å². The molecule has 0 saturated carbocycles. The smallest absolute Gasteiger partial charge is 0.196 e. The number of hydrogen-bond donors (Lipinski definition) is 1. The van der Waals surface area contributed by atoms with Crippen LogP contribution in [-0.2, 0) is 0 Å². The number of ketones is 1. The SMILES string of the molecule is COc1ccc(N)c(C(=O)c2cc(Br)c(C)cc2Br)c1. The molecule has 0 atom stereocenters. The van der Waals surface area contributed by atoms with Crippen molar-refractivity contribution in [1.29, 1.82) is 0 Å². The van der Waals surface area contributed by atoms with Gasteiger partial charge in [0.15, 0.2) is 5.78 Å². The Morgan fingerprint density at radius 3 is 2.45 bits per heavy atom. The van der Waals surface area contributed by atoms with Crippen molar-refractivity contribution in [3.05, 3.63) is 56.0 Å². The van der Waals surface area contributed by atoms with Gasteiger partial charge in [-0.3, -0.25) is 4.79 Å². The van der Waals surface area contributed by atoms with Gasteiger partial charge in [-0.15, -0.1) is 0 Å². The largest absolute Gasteiger partial charge is 0.497 e. The zero-order valence-corrected chi connectivity index (χ0v) is 14.2. The van der Waals surface area contributed by atoms with E-state index < -0.39 is 0 Å². The van der Waals surface area contributed by atoms with Gasteiger partial charge in [0.1, 0.15) is 5.75 Å². The standard InChI is InChI=1S/C15H13Br2NO2/c1-8-5-13(17)10(7-12(8)16)15(19)11-6-9(20-2)3-4-14(11)18/h3-7H,18H2,1-2H3. The second kappa shape index (κ2) is 5.97. The molecule has 0 heterocycles. The maximum Gasteiger partial charge on any atom is 0.196 e. The fourth-order valence-corrected chi connectivity index (χ4v) is 2.81. The maximum absolute atomic E-state index is 12.6. The third-order valence-electron chi connectivity index (χ3n) is 3.00. The number of halogens is 2. The summed E-state index contributed by atoms with van der Waals surface area (Å²) in [7, 11) is 1.55. The molecular formula is C15H13Br2NO2. The first-order chi connectivity index (χ1) is 9.43. The topological polar surface area (TPSA) is 52.3 Å². The van der Waals surface area contributed by atoms with Crippen LogP contribution in [0.4, 0.5) is 5.69 Å². The summed E-state index contributed by atoms with van der Waals surface area (Å²) >= 11 is 6.86. The zero-order chi connectivity index (χ0) is 14.9. The van der Waals surface area contributed by atoms with Crippen molar-refractivity contribution < 1.29 is 9.53 Å². The molecule has 0 radical (unpaired) electrons. The Hall–Kier alpha value is -1.33. The Morgan fingerprint density at radius 2 is 1.80 bits per heavy atom. The molecule has 0 fully saturated rings. The van der Waals surface area contributed by atoms with Gasteiger partial charge >= 0.3 is 0 Å². The number of carbonyl (C=O) groups excluding carboxylic acids is 1. The van der Waals surface area contributed by atoms with Crippen molar-refractivity contribution in [1.82, 2.24) is 0 Å². The van der Waals surface area contributed by atoms with Crippen LogP contribution >= 0.6 is 31.9 Å². The lowest BCUT2D eigenvalue weighted by atomic mass is 10.0. The van der Waals surface area contributed by atoms with Crippen molar-refractivity contribution in [3.8, 4) is 5.75 Å². The fourth-order valence-electron chi connectivity index (χ4n) is 1.82. The number of ether oxygens (including phenoxy) is 1. The number of hydrogen-bond acceptors (Lipinski definition) is 3. The Kier molecular flexibility index (Phi) is 4.50. The second-order valence-corrected chi connectivity index (χ2v) is 6.07. The maximum atomic E-state index is 12.6. The van der Waals surface area contributed by atoms with E-state index in [0.29, 0.717) is 22.6 Å². The van der Waals surface area contributed by atoms with Crippen LogP contribution in [0.25, 0.3) is 0 Å². The van der Waals surface area contributed by atoms with Crippen LogP contribution < -0.4 is 10.5 Å². The molecule has 0 aliphatic rings. The predicted octanol–water partition coefficient (Wildman–Crippen LogP) is 4.34. The van der Waals surface area contributed by atoms with E-state index in [1.807, 2.05) is 13.0 Å². The number of carbonyl (C=O) groups is 1. The molecule has 0 unspecified atom stereocenters. The summed E-state index contributed by atoms with van der Waals surface area (Å²) in [5.41, 5.74) is 8.36. The molecule has 0 aliphatic carbocycles. The number of methoxy groups -OCH3 is 1. The minimum Gasteiger partial charge on any atom is -0.497 e. The molecule has 20 heavy (non-hydrogen) atoms. The van der Waals surface area contributed by atoms with E-state index in [4.69, 9.17) is 10.5 Å². The lowest BCUT2D eigenvalue weighted by Crippen LogP contribution is -2.07. The third-order valence-corrected chi connectivity index (χ3v) is 4.51. The molecule has 5 heteroatoms. The van der Waals surface area contributed by atoms with Crippen molar-refractivity contribution in [2.45, 2.75) is 6.92 Å². The monoisotopic (exact) mass is 397 g/mol. The Bertz CT molecular complexity index is 684. The molecule has 2 N–H and O–H groups in total. The molecule has 0 spiro atoms. The van der Waals surface area contributed by atoms with Crippen molar-refractivity contribution in [3.63, 3.8) is 0 Å². The second-order valence-electron chi connectivity index (χ2n) is 4.36. The number of benzene rings is 2. The molecule has 3 nitrogen and oxygen atoms in total. The van der Waals surface area contributed by atoms with Crippen LogP contribution in [0.3, 0.4) is 0 Å². The zero-order valence-electron chi connectivity index (χ0n) is 11.0. The first-order valence-corrected chi connectivity index (χ1v) is 7.46. The average molecular weight is 399 g/mol. The van der Waals surface area contributed by atoms with Crippen molar-refractivity contribution in [2.24, 2.45) is 0 Å². The molecule has 0 amide bonds. The molecule has 0 aromatic heterocycles. The molecule has 2 aromatic carbocycles. The summed E-state index contributed by atoms with van der Waals surface area (Å²) in [4.78, 5) is 12.6. The van der Waals surface area contributed by atoms with E-state index in [1.165, 1.54) is 0 Å². The summed E-state index contributed by atoms with van der Waals surface area (Å²) in [5, 5.41) is 0. The first kappa shape index (κ1) is 15.1. The van der Waals surface area contributed by atoms with Crippen LogP contribution in [0.2, 0.25) is 0 Å². The third kappa shape index (κ3) is 2.88. The number of anilines is 1. The lowest BCUT2D eigenvalue weighted by molar-refractivity contribution is 0.103. The van der Waals surface area contributed by atoms with Gasteiger partial charge in [-0.25, -0.2) is 0 Å². The van der Waals surface area contributed by atoms with E-state index in [-0.39, 0.29) is 5.78 Å². The molecule has 0 saturated heterocycles. The number of aryl methyl sites for hydroxylation is 1. The molecule has 0 bridgehead atoms. The number of nitrogen functional groups attached to an aromatic ring is 1. The van der Waals surface area contributed by atoms with Crippen LogP contribution in [0.1, 0.15) is 21.5 Å². The predicted molar refractivity (Wildman–Crippen MR) is 87.4 cm³/mol. The van der Waals surface area contributed by atoms with Gasteiger partial charge in [-0.05, 0) is 42.8 Å². The molecular weight excluding hydrogens is 386 g/mol. The van der Waals surface area contributed by atoms with Crippen molar-refractivity contribution >= 4 is 43.3 Å². The average Bonchev–Trinajstić information content (AvgIpc) is 2.42. The van der Waals surface area contributed by atoms with E-state index in [2.05, 4.69) is 31.9 Å². The summed E-state index contributed by atoms with van der Waals surface area (Å²) in [6, 6.07) is 8.74. The van der Waals surface area contributed by atoms with Crippen LogP contribution in [0.5, 0.6) is 5.75 Å². The van der Waals surface area contributed by atoms with Crippen molar-refractivity contribution in [2.75, 3.05) is 12.8 Å². The van der Waals surface area contributed by atoms with Gasteiger partial charge in [0.05, 0.1) is 7.11 Å². The molecule has 2 rings (SSSR count). The molecule has 104 valence electrons. The normalized spacial score (nSPS) is 10.4. The van der Waals surface area contributed by atoms with E-state index in [0.717, 1.165) is 14.5 Å². The van der Waals surface area contributed by atoms with Gasteiger partial charge in [0, 0.05) is 25.8 Å². The summed E-state index contributed by atoms with van der Waals surface area (Å²) in [6.07, 6.45) is 0. The van der Waals surface area contributed by atoms with E-state index in [9.17, 15) is 4.79 Å². The Morgan fingerprint density at radius 1 is 1.10 bits per heavy atom. The highest BCUT2D eigenvalue weighted by Gasteiger charge is 2.17.